The molecule has 0 aromatic carbocycles. The molecule has 0 saturated carbocycles. The first kappa shape index (κ1) is 15.6. The van der Waals surface area contributed by atoms with Crippen LogP contribution >= 0.6 is 0 Å². The van der Waals surface area contributed by atoms with E-state index < -0.39 is 0 Å². The van der Waals surface area contributed by atoms with E-state index in [1.807, 2.05) is 41.1 Å². The maximum atomic E-state index is 12.4. The first-order chi connectivity index (χ1) is 12.2. The number of nitrogens with zero attached hydrogens (tertiary/aromatic N) is 5. The molecule has 1 aliphatic heterocycles. The number of carbonyl (C=O) groups excluding carboxylic acids is 1. The smallest absolute Gasteiger partial charge is 0.257 e. The summed E-state index contributed by atoms with van der Waals surface area (Å²) < 4.78 is 1.92. The molecule has 0 bridgehead atoms. The van der Waals surface area contributed by atoms with Crippen LogP contribution in [-0.2, 0) is 0 Å². The van der Waals surface area contributed by atoms with Crippen LogP contribution in [0.1, 0.15) is 10.4 Å². The van der Waals surface area contributed by atoms with Crippen molar-refractivity contribution in [3.05, 3.63) is 54.6 Å². The van der Waals surface area contributed by atoms with Crippen molar-refractivity contribution in [1.29, 1.82) is 0 Å². The van der Waals surface area contributed by atoms with Gasteiger partial charge in [0.2, 0.25) is 5.95 Å². The minimum absolute atomic E-state index is 0.167. The van der Waals surface area contributed by atoms with Crippen LogP contribution < -0.4 is 10.2 Å². The molecule has 0 atom stereocenters. The Morgan fingerprint density at radius 1 is 1.12 bits per heavy atom. The predicted octanol–water partition coefficient (Wildman–Crippen LogP) is 1.73. The van der Waals surface area contributed by atoms with Gasteiger partial charge in [-0.05, 0) is 25.2 Å². The molecule has 3 aromatic rings. The van der Waals surface area contributed by atoms with Crippen molar-refractivity contribution < 1.29 is 4.79 Å². The summed E-state index contributed by atoms with van der Waals surface area (Å²) in [5, 5.41) is 2.85. The molecule has 0 spiro atoms. The maximum absolute atomic E-state index is 12.4. The molecule has 1 amide bonds. The standard InChI is InChI=1S/C18H20N6O/c1-22-6-8-23(9-7-22)18-19-11-15(12-20-18)21-17(25)14-10-16-4-2-3-5-24(16)13-14/h2-5,10-13H,6-9H2,1H3,(H,21,25). The van der Waals surface area contributed by atoms with Gasteiger partial charge in [-0.2, -0.15) is 0 Å². The van der Waals surface area contributed by atoms with E-state index >= 15 is 0 Å². The highest BCUT2D eigenvalue weighted by Gasteiger charge is 2.16. The van der Waals surface area contributed by atoms with Gasteiger partial charge in [-0.1, -0.05) is 6.07 Å². The van der Waals surface area contributed by atoms with Gasteiger partial charge in [-0.15, -0.1) is 0 Å². The van der Waals surface area contributed by atoms with Gasteiger partial charge in [-0.25, -0.2) is 9.97 Å². The molecule has 3 aromatic heterocycles. The van der Waals surface area contributed by atoms with Gasteiger partial charge in [-0.3, -0.25) is 4.79 Å². The van der Waals surface area contributed by atoms with Crippen molar-refractivity contribution in [2.24, 2.45) is 0 Å². The van der Waals surface area contributed by atoms with Crippen LogP contribution in [0.4, 0.5) is 11.6 Å². The van der Waals surface area contributed by atoms with Crippen molar-refractivity contribution >= 4 is 23.1 Å². The number of hydrogen-bond donors (Lipinski definition) is 1. The van der Waals surface area contributed by atoms with Gasteiger partial charge in [0, 0.05) is 44.1 Å². The van der Waals surface area contributed by atoms with E-state index in [1.165, 1.54) is 0 Å². The zero-order chi connectivity index (χ0) is 17.2. The summed E-state index contributed by atoms with van der Waals surface area (Å²) in [5.74, 6) is 0.542. The number of piperazine rings is 1. The lowest BCUT2D eigenvalue weighted by molar-refractivity contribution is 0.102. The van der Waals surface area contributed by atoms with Crippen LogP contribution in [0.5, 0.6) is 0 Å². The van der Waals surface area contributed by atoms with Crippen LogP contribution in [0.2, 0.25) is 0 Å². The summed E-state index contributed by atoms with van der Waals surface area (Å²) in [4.78, 5) is 25.6. The zero-order valence-corrected chi connectivity index (χ0v) is 14.1. The van der Waals surface area contributed by atoms with Crippen LogP contribution in [0.3, 0.4) is 0 Å². The summed E-state index contributed by atoms with van der Waals surface area (Å²) in [5.41, 5.74) is 2.18. The van der Waals surface area contributed by atoms with Gasteiger partial charge < -0.3 is 19.5 Å². The van der Waals surface area contributed by atoms with Crippen LogP contribution in [-0.4, -0.2) is 58.4 Å². The van der Waals surface area contributed by atoms with E-state index in [4.69, 9.17) is 0 Å². The molecule has 25 heavy (non-hydrogen) atoms. The zero-order valence-electron chi connectivity index (χ0n) is 14.1. The fourth-order valence-corrected chi connectivity index (χ4v) is 2.94. The molecule has 4 heterocycles. The van der Waals surface area contributed by atoms with Gasteiger partial charge >= 0.3 is 0 Å². The topological polar surface area (TPSA) is 65.8 Å². The van der Waals surface area contributed by atoms with Gasteiger partial charge in [0.25, 0.3) is 5.91 Å². The number of fused-ring (bicyclic) bond motifs is 1. The lowest BCUT2D eigenvalue weighted by Crippen LogP contribution is -2.45. The Morgan fingerprint density at radius 3 is 2.60 bits per heavy atom. The van der Waals surface area contributed by atoms with Crippen molar-refractivity contribution in [1.82, 2.24) is 19.3 Å². The number of anilines is 2. The normalized spacial score (nSPS) is 15.5. The summed E-state index contributed by atoms with van der Waals surface area (Å²) in [6.07, 6.45) is 7.05. The molecular weight excluding hydrogens is 316 g/mol. The number of amides is 1. The predicted molar refractivity (Wildman–Crippen MR) is 97.1 cm³/mol. The summed E-state index contributed by atoms with van der Waals surface area (Å²) in [7, 11) is 2.11. The average molecular weight is 336 g/mol. The van der Waals surface area contributed by atoms with E-state index in [1.54, 1.807) is 12.4 Å². The second-order valence-electron chi connectivity index (χ2n) is 6.28. The molecular formula is C18H20N6O. The van der Waals surface area contributed by atoms with E-state index in [0.29, 0.717) is 17.2 Å². The first-order valence-corrected chi connectivity index (χ1v) is 8.33. The Balaban J connectivity index is 1.44. The fourth-order valence-electron chi connectivity index (χ4n) is 2.94. The number of likely N-dealkylation sites (N-methyl/N-ethyl adjacent to an activating group) is 1. The van der Waals surface area contributed by atoms with E-state index in [9.17, 15) is 4.79 Å². The van der Waals surface area contributed by atoms with E-state index in [0.717, 1.165) is 31.7 Å². The molecule has 1 N–H and O–H groups in total. The molecule has 1 fully saturated rings. The molecule has 0 unspecified atom stereocenters. The van der Waals surface area contributed by atoms with Crippen LogP contribution in [0.15, 0.2) is 49.1 Å². The van der Waals surface area contributed by atoms with Crippen molar-refractivity contribution in [2.75, 3.05) is 43.4 Å². The van der Waals surface area contributed by atoms with Crippen LogP contribution in [0, 0.1) is 0 Å². The van der Waals surface area contributed by atoms with Crippen LogP contribution in [0.25, 0.3) is 5.52 Å². The molecule has 1 aliphatic rings. The van der Waals surface area contributed by atoms with Gasteiger partial charge in [0.15, 0.2) is 0 Å². The minimum Gasteiger partial charge on any atom is -0.338 e. The van der Waals surface area contributed by atoms with Gasteiger partial charge in [0.1, 0.15) is 0 Å². The molecule has 7 heteroatoms. The number of carbonyl (C=O) groups is 1. The fraction of sp³-hybridized carbons (Fsp3) is 0.278. The summed E-state index contributed by atoms with van der Waals surface area (Å²) >= 11 is 0. The largest absolute Gasteiger partial charge is 0.338 e. The van der Waals surface area contributed by atoms with Crippen molar-refractivity contribution in [2.45, 2.75) is 0 Å². The Morgan fingerprint density at radius 2 is 1.88 bits per heavy atom. The minimum atomic E-state index is -0.167. The third-order valence-corrected chi connectivity index (χ3v) is 4.45. The molecule has 0 aliphatic carbocycles. The Hall–Kier alpha value is -2.93. The number of rotatable bonds is 3. The highest BCUT2D eigenvalue weighted by molar-refractivity contribution is 6.05. The lowest BCUT2D eigenvalue weighted by Gasteiger charge is -2.32. The molecule has 0 radical (unpaired) electrons. The monoisotopic (exact) mass is 336 g/mol. The Labute approximate surface area is 145 Å². The second kappa shape index (κ2) is 6.52. The maximum Gasteiger partial charge on any atom is 0.257 e. The number of nitrogens with one attached hydrogen (secondary N) is 1. The molecule has 1 saturated heterocycles. The number of hydrogen-bond acceptors (Lipinski definition) is 5. The third-order valence-electron chi connectivity index (χ3n) is 4.45. The lowest BCUT2D eigenvalue weighted by atomic mass is 10.3. The molecule has 128 valence electrons. The first-order valence-electron chi connectivity index (χ1n) is 8.33. The Kier molecular flexibility index (Phi) is 4.07. The number of aromatic nitrogens is 3. The molecule has 7 nitrogen and oxygen atoms in total. The average Bonchev–Trinajstić information content (AvgIpc) is 3.07. The quantitative estimate of drug-likeness (QED) is 0.789. The SMILES string of the molecule is CN1CCN(c2ncc(NC(=O)c3cc4ccccn4c3)cn2)CC1. The Bertz CT molecular complexity index is 847. The number of pyridine rings is 1. The molecule has 4 rings (SSSR count). The van der Waals surface area contributed by atoms with Crippen molar-refractivity contribution in [3.63, 3.8) is 0 Å². The van der Waals surface area contributed by atoms with E-state index in [2.05, 4.69) is 32.1 Å². The second-order valence-corrected chi connectivity index (χ2v) is 6.28. The van der Waals surface area contributed by atoms with E-state index in [-0.39, 0.29) is 5.91 Å². The van der Waals surface area contributed by atoms with Crippen molar-refractivity contribution in [3.8, 4) is 0 Å². The summed E-state index contributed by atoms with van der Waals surface area (Å²) in [6.45, 7) is 3.84. The third kappa shape index (κ3) is 3.32. The highest BCUT2D eigenvalue weighted by Crippen LogP contribution is 2.15. The summed E-state index contributed by atoms with van der Waals surface area (Å²) in [6, 6.07) is 7.70. The van der Waals surface area contributed by atoms with Gasteiger partial charge in [0.05, 0.1) is 23.6 Å². The highest BCUT2D eigenvalue weighted by atomic mass is 16.1.